The molecule has 19 heavy (non-hydrogen) atoms. The van der Waals surface area contributed by atoms with Crippen molar-refractivity contribution in [2.45, 2.75) is 12.6 Å². The van der Waals surface area contributed by atoms with E-state index < -0.39 is 0 Å². The quantitative estimate of drug-likeness (QED) is 0.846. The van der Waals surface area contributed by atoms with Gasteiger partial charge in [0.2, 0.25) is 0 Å². The maximum Gasteiger partial charge on any atom is 0.119 e. The third kappa shape index (κ3) is 4.04. The van der Waals surface area contributed by atoms with Crippen molar-refractivity contribution in [2.24, 2.45) is 0 Å². The van der Waals surface area contributed by atoms with Gasteiger partial charge in [-0.15, -0.1) is 11.3 Å². The van der Waals surface area contributed by atoms with Crippen molar-refractivity contribution in [2.75, 3.05) is 13.7 Å². The van der Waals surface area contributed by atoms with E-state index in [1.165, 1.54) is 4.88 Å². The number of halogens is 1. The van der Waals surface area contributed by atoms with Crippen LogP contribution in [0.2, 0.25) is 0 Å². The van der Waals surface area contributed by atoms with Gasteiger partial charge >= 0.3 is 0 Å². The molecule has 0 spiro atoms. The van der Waals surface area contributed by atoms with Crippen LogP contribution in [0, 0.1) is 0 Å². The van der Waals surface area contributed by atoms with Gasteiger partial charge in [-0.05, 0) is 45.8 Å². The summed E-state index contributed by atoms with van der Waals surface area (Å²) in [7, 11) is 1.64. The van der Waals surface area contributed by atoms with Gasteiger partial charge in [-0.3, -0.25) is 0 Å². The molecule has 1 aromatic heterocycles. The molecule has 2 rings (SSSR count). The number of nitrogens with one attached hydrogen (secondary N) is 1. The van der Waals surface area contributed by atoms with Gasteiger partial charge < -0.3 is 15.2 Å². The smallest absolute Gasteiger partial charge is 0.119 e. The van der Waals surface area contributed by atoms with Gasteiger partial charge in [0, 0.05) is 11.4 Å². The predicted molar refractivity (Wildman–Crippen MR) is 81.7 cm³/mol. The Hall–Kier alpha value is -0.880. The molecule has 2 N–H and O–H groups in total. The van der Waals surface area contributed by atoms with E-state index in [0.717, 1.165) is 21.6 Å². The van der Waals surface area contributed by atoms with Crippen LogP contribution in [0.3, 0.4) is 0 Å². The van der Waals surface area contributed by atoms with Gasteiger partial charge in [-0.1, -0.05) is 12.1 Å². The van der Waals surface area contributed by atoms with Crippen molar-refractivity contribution in [3.8, 4) is 5.75 Å². The first-order valence-corrected chi connectivity index (χ1v) is 7.56. The second kappa shape index (κ2) is 7.05. The Bertz CT molecular complexity index is 530. The van der Waals surface area contributed by atoms with E-state index in [-0.39, 0.29) is 12.6 Å². The summed E-state index contributed by atoms with van der Waals surface area (Å²) in [6, 6.07) is 11.8. The fourth-order valence-corrected chi connectivity index (χ4v) is 3.25. The standard InChI is InChI=1S/C14H16BrNO2S/c1-18-11-4-2-3-10(7-11)13(9-17)16-8-12-5-6-14(15)19-12/h2-7,13,16-17H,8-9H2,1H3. The van der Waals surface area contributed by atoms with E-state index >= 15 is 0 Å². The van der Waals surface area contributed by atoms with Crippen LogP contribution in [0.25, 0.3) is 0 Å². The molecule has 0 radical (unpaired) electrons. The van der Waals surface area contributed by atoms with Crippen LogP contribution in [0.15, 0.2) is 40.2 Å². The molecule has 3 nitrogen and oxygen atoms in total. The predicted octanol–water partition coefficient (Wildman–Crippen LogP) is 3.34. The first kappa shape index (κ1) is 14.5. The lowest BCUT2D eigenvalue weighted by Gasteiger charge is -2.17. The van der Waals surface area contributed by atoms with Crippen molar-refractivity contribution in [3.63, 3.8) is 0 Å². The number of aliphatic hydroxyl groups is 1. The number of hydrogen-bond donors (Lipinski definition) is 2. The topological polar surface area (TPSA) is 41.5 Å². The first-order chi connectivity index (χ1) is 9.22. The third-order valence-electron chi connectivity index (χ3n) is 2.83. The Kier molecular flexibility index (Phi) is 5.39. The van der Waals surface area contributed by atoms with Crippen molar-refractivity contribution in [3.05, 3.63) is 50.6 Å². The van der Waals surface area contributed by atoms with Crippen LogP contribution in [0.5, 0.6) is 5.75 Å². The SMILES string of the molecule is COc1cccc(C(CO)NCc2ccc(Br)s2)c1. The highest BCUT2D eigenvalue weighted by molar-refractivity contribution is 9.11. The molecule has 1 heterocycles. The highest BCUT2D eigenvalue weighted by Gasteiger charge is 2.11. The summed E-state index contributed by atoms with van der Waals surface area (Å²) in [5.41, 5.74) is 1.03. The van der Waals surface area contributed by atoms with Gasteiger partial charge in [-0.2, -0.15) is 0 Å². The average Bonchev–Trinajstić information content (AvgIpc) is 2.85. The number of benzene rings is 1. The molecule has 5 heteroatoms. The molecule has 2 aromatic rings. The van der Waals surface area contributed by atoms with Crippen LogP contribution >= 0.6 is 27.3 Å². The van der Waals surface area contributed by atoms with E-state index in [0.29, 0.717) is 0 Å². The van der Waals surface area contributed by atoms with Crippen molar-refractivity contribution < 1.29 is 9.84 Å². The van der Waals surface area contributed by atoms with Gasteiger partial charge in [0.05, 0.1) is 23.5 Å². The Morgan fingerprint density at radius 2 is 2.21 bits per heavy atom. The summed E-state index contributed by atoms with van der Waals surface area (Å²) in [6.45, 7) is 0.790. The summed E-state index contributed by atoms with van der Waals surface area (Å²) in [6.07, 6.45) is 0. The molecule has 0 amide bonds. The molecule has 0 saturated carbocycles. The summed E-state index contributed by atoms with van der Waals surface area (Å²) >= 11 is 5.14. The molecular formula is C14H16BrNO2S. The normalized spacial score (nSPS) is 12.4. The zero-order chi connectivity index (χ0) is 13.7. The monoisotopic (exact) mass is 341 g/mol. The molecule has 0 aliphatic heterocycles. The summed E-state index contributed by atoms with van der Waals surface area (Å²) in [4.78, 5) is 1.23. The Labute approximate surface area is 125 Å². The van der Waals surface area contributed by atoms with E-state index in [1.807, 2.05) is 30.3 Å². The Balaban J connectivity index is 2.02. The van der Waals surface area contributed by atoms with E-state index in [4.69, 9.17) is 4.74 Å². The zero-order valence-corrected chi connectivity index (χ0v) is 13.0. The molecule has 1 atom stereocenters. The molecule has 0 fully saturated rings. The molecule has 1 aromatic carbocycles. The maximum absolute atomic E-state index is 9.52. The number of thiophene rings is 1. The first-order valence-electron chi connectivity index (χ1n) is 5.95. The lowest BCUT2D eigenvalue weighted by atomic mass is 10.1. The minimum atomic E-state index is -0.0871. The van der Waals surface area contributed by atoms with Gasteiger partial charge in [-0.25, -0.2) is 0 Å². The van der Waals surface area contributed by atoms with E-state index in [2.05, 4.69) is 27.3 Å². The number of aliphatic hydroxyl groups excluding tert-OH is 1. The fourth-order valence-electron chi connectivity index (χ4n) is 1.82. The van der Waals surface area contributed by atoms with Crippen molar-refractivity contribution >= 4 is 27.3 Å². The van der Waals surface area contributed by atoms with Gasteiger partial charge in [0.1, 0.15) is 5.75 Å². The number of ether oxygens (including phenoxy) is 1. The van der Waals surface area contributed by atoms with Gasteiger partial charge in [0.25, 0.3) is 0 Å². The lowest BCUT2D eigenvalue weighted by molar-refractivity contribution is 0.243. The van der Waals surface area contributed by atoms with Crippen LogP contribution in [-0.4, -0.2) is 18.8 Å². The van der Waals surface area contributed by atoms with Crippen LogP contribution in [-0.2, 0) is 6.54 Å². The highest BCUT2D eigenvalue weighted by Crippen LogP contribution is 2.23. The minimum Gasteiger partial charge on any atom is -0.497 e. The Morgan fingerprint density at radius 3 is 2.84 bits per heavy atom. The van der Waals surface area contributed by atoms with Crippen molar-refractivity contribution in [1.29, 1.82) is 0 Å². The largest absolute Gasteiger partial charge is 0.497 e. The Morgan fingerprint density at radius 1 is 1.37 bits per heavy atom. The van der Waals surface area contributed by atoms with E-state index in [1.54, 1.807) is 18.4 Å². The molecule has 1 unspecified atom stereocenters. The number of rotatable bonds is 6. The number of hydrogen-bond acceptors (Lipinski definition) is 4. The molecule has 0 bridgehead atoms. The molecular weight excluding hydrogens is 326 g/mol. The van der Waals surface area contributed by atoms with Crippen molar-refractivity contribution in [1.82, 2.24) is 5.32 Å². The second-order valence-electron chi connectivity index (χ2n) is 4.10. The minimum absolute atomic E-state index is 0.0553. The zero-order valence-electron chi connectivity index (χ0n) is 10.6. The van der Waals surface area contributed by atoms with Crippen LogP contribution in [0.1, 0.15) is 16.5 Å². The van der Waals surface area contributed by atoms with Crippen LogP contribution < -0.4 is 10.1 Å². The molecule has 0 aliphatic rings. The second-order valence-corrected chi connectivity index (χ2v) is 6.65. The third-order valence-corrected chi connectivity index (χ3v) is 4.45. The summed E-state index contributed by atoms with van der Waals surface area (Å²) in [5.74, 6) is 0.802. The average molecular weight is 342 g/mol. The summed E-state index contributed by atoms with van der Waals surface area (Å²) in [5, 5.41) is 12.9. The lowest BCUT2D eigenvalue weighted by Crippen LogP contribution is -2.23. The maximum atomic E-state index is 9.52. The fraction of sp³-hybridized carbons (Fsp3) is 0.286. The number of methoxy groups -OCH3 is 1. The van der Waals surface area contributed by atoms with E-state index in [9.17, 15) is 5.11 Å². The molecule has 0 aliphatic carbocycles. The summed E-state index contributed by atoms with van der Waals surface area (Å²) < 4.78 is 6.32. The van der Waals surface area contributed by atoms with Crippen LogP contribution in [0.4, 0.5) is 0 Å². The molecule has 102 valence electrons. The van der Waals surface area contributed by atoms with Gasteiger partial charge in [0.15, 0.2) is 0 Å². The highest BCUT2D eigenvalue weighted by atomic mass is 79.9. The molecule has 0 saturated heterocycles.